The average molecular weight is 306 g/mol. The fraction of sp³-hybridized carbons (Fsp3) is 0.421. The number of benzene rings is 1. The smallest absolute Gasteiger partial charge is 0.0522 e. The number of H-pyrrole nitrogens is 2. The standard InChI is InChI=1S/C19H22N4/c1-3-14-6-9-20-17(14)16(4-1)12-23-10-2-7-19(13-23)8-5-15-11-21-22-18(15)19/h1,3-4,6,9,11,20H,2,5,7-8,10,12-13H2,(H,21,22). The summed E-state index contributed by atoms with van der Waals surface area (Å²) in [5.74, 6) is 0. The molecular formula is C19H22N4. The zero-order chi connectivity index (χ0) is 15.3. The molecule has 0 amide bonds. The van der Waals surface area contributed by atoms with Crippen molar-refractivity contribution in [3.8, 4) is 0 Å². The van der Waals surface area contributed by atoms with Gasteiger partial charge in [-0.2, -0.15) is 5.10 Å². The van der Waals surface area contributed by atoms with Gasteiger partial charge < -0.3 is 4.98 Å². The Bertz CT molecular complexity index is 846. The minimum atomic E-state index is 0.313. The van der Waals surface area contributed by atoms with Crippen molar-refractivity contribution in [2.45, 2.75) is 37.6 Å². The Morgan fingerprint density at radius 1 is 1.22 bits per heavy atom. The van der Waals surface area contributed by atoms with E-state index in [1.165, 1.54) is 60.0 Å². The lowest BCUT2D eigenvalue weighted by Crippen LogP contribution is -2.44. The van der Waals surface area contributed by atoms with Crippen LogP contribution in [0.3, 0.4) is 0 Å². The number of aromatic amines is 2. The summed E-state index contributed by atoms with van der Waals surface area (Å²) in [6.45, 7) is 3.38. The molecule has 1 atom stereocenters. The molecule has 5 rings (SSSR count). The van der Waals surface area contributed by atoms with Crippen LogP contribution < -0.4 is 0 Å². The first kappa shape index (κ1) is 13.4. The summed E-state index contributed by atoms with van der Waals surface area (Å²) in [5, 5.41) is 8.90. The van der Waals surface area contributed by atoms with Gasteiger partial charge in [0.2, 0.25) is 0 Å². The second-order valence-corrected chi connectivity index (χ2v) is 7.22. The summed E-state index contributed by atoms with van der Waals surface area (Å²) in [4.78, 5) is 6.04. The predicted molar refractivity (Wildman–Crippen MR) is 91.4 cm³/mol. The molecule has 0 radical (unpaired) electrons. The minimum Gasteiger partial charge on any atom is -0.361 e. The van der Waals surface area contributed by atoms with Crippen LogP contribution in [0.1, 0.15) is 36.1 Å². The van der Waals surface area contributed by atoms with Crippen LogP contribution in [0, 0.1) is 0 Å². The summed E-state index contributed by atoms with van der Waals surface area (Å²) in [6.07, 6.45) is 9.11. The van der Waals surface area contributed by atoms with E-state index < -0.39 is 0 Å². The summed E-state index contributed by atoms with van der Waals surface area (Å²) in [7, 11) is 0. The molecule has 2 aliphatic rings. The lowest BCUT2D eigenvalue weighted by atomic mass is 9.77. The van der Waals surface area contributed by atoms with Crippen LogP contribution in [-0.4, -0.2) is 33.2 Å². The van der Waals surface area contributed by atoms with E-state index in [-0.39, 0.29) is 0 Å². The van der Waals surface area contributed by atoms with Gasteiger partial charge in [-0.15, -0.1) is 0 Å². The highest BCUT2D eigenvalue weighted by atomic mass is 15.2. The summed E-state index contributed by atoms with van der Waals surface area (Å²) in [5.41, 5.74) is 5.88. The van der Waals surface area contributed by atoms with Gasteiger partial charge in [0.05, 0.1) is 6.20 Å². The van der Waals surface area contributed by atoms with Crippen molar-refractivity contribution < 1.29 is 0 Å². The zero-order valence-electron chi connectivity index (χ0n) is 13.3. The van der Waals surface area contributed by atoms with Crippen molar-refractivity contribution in [1.29, 1.82) is 0 Å². The molecule has 3 heterocycles. The number of nitrogens with one attached hydrogen (secondary N) is 2. The summed E-state index contributed by atoms with van der Waals surface area (Å²) < 4.78 is 0. The number of fused-ring (bicyclic) bond motifs is 3. The molecule has 1 spiro atoms. The van der Waals surface area contributed by atoms with Gasteiger partial charge in [0.15, 0.2) is 0 Å². The SMILES string of the molecule is c1cc(CN2CCCC3(CCc4cn[nH]c43)C2)c2[nH]ccc2c1. The molecule has 1 saturated heterocycles. The minimum absolute atomic E-state index is 0.313. The van der Waals surface area contributed by atoms with E-state index in [1.54, 1.807) is 0 Å². The Morgan fingerprint density at radius 3 is 3.22 bits per heavy atom. The number of aryl methyl sites for hydroxylation is 1. The lowest BCUT2D eigenvalue weighted by molar-refractivity contribution is 0.136. The van der Waals surface area contributed by atoms with Crippen LogP contribution in [0.2, 0.25) is 0 Å². The van der Waals surface area contributed by atoms with Crippen LogP contribution in [0.25, 0.3) is 10.9 Å². The first-order valence-electron chi connectivity index (χ1n) is 8.64. The Kier molecular flexibility index (Phi) is 2.89. The normalized spacial score (nSPS) is 24.5. The van der Waals surface area contributed by atoms with Crippen molar-refractivity contribution in [2.75, 3.05) is 13.1 Å². The summed E-state index contributed by atoms with van der Waals surface area (Å²) >= 11 is 0. The number of piperidine rings is 1. The van der Waals surface area contributed by atoms with Crippen LogP contribution in [0.5, 0.6) is 0 Å². The molecule has 0 saturated carbocycles. The molecule has 1 aliphatic heterocycles. The number of aromatic nitrogens is 3. The molecule has 1 fully saturated rings. The third-order valence-electron chi connectivity index (χ3n) is 5.84. The largest absolute Gasteiger partial charge is 0.361 e. The number of likely N-dealkylation sites (tertiary alicyclic amines) is 1. The van der Waals surface area contributed by atoms with E-state index in [0.717, 1.165) is 13.1 Å². The number of hydrogen-bond donors (Lipinski definition) is 2. The van der Waals surface area contributed by atoms with Crippen molar-refractivity contribution in [3.05, 3.63) is 53.5 Å². The van der Waals surface area contributed by atoms with Crippen LogP contribution in [0.15, 0.2) is 36.7 Å². The van der Waals surface area contributed by atoms with Crippen molar-refractivity contribution in [1.82, 2.24) is 20.1 Å². The Morgan fingerprint density at radius 2 is 2.22 bits per heavy atom. The maximum atomic E-state index is 4.29. The number of para-hydroxylation sites is 1. The second-order valence-electron chi connectivity index (χ2n) is 7.22. The van der Waals surface area contributed by atoms with E-state index in [9.17, 15) is 0 Å². The van der Waals surface area contributed by atoms with Gasteiger partial charge in [0.1, 0.15) is 0 Å². The van der Waals surface area contributed by atoms with Crippen LogP contribution in [0.4, 0.5) is 0 Å². The highest BCUT2D eigenvalue weighted by Gasteiger charge is 2.43. The van der Waals surface area contributed by atoms with E-state index in [0.29, 0.717) is 5.41 Å². The zero-order valence-corrected chi connectivity index (χ0v) is 13.3. The Balaban J connectivity index is 1.43. The maximum absolute atomic E-state index is 4.29. The molecule has 118 valence electrons. The first-order valence-corrected chi connectivity index (χ1v) is 8.64. The average Bonchev–Trinajstić information content (AvgIpc) is 3.27. The Hall–Kier alpha value is -2.07. The van der Waals surface area contributed by atoms with E-state index in [2.05, 4.69) is 44.3 Å². The van der Waals surface area contributed by atoms with Gasteiger partial charge in [0, 0.05) is 35.9 Å². The monoisotopic (exact) mass is 306 g/mol. The molecule has 1 aromatic carbocycles. The van der Waals surface area contributed by atoms with Crippen molar-refractivity contribution in [3.63, 3.8) is 0 Å². The van der Waals surface area contributed by atoms with Gasteiger partial charge in [-0.25, -0.2) is 0 Å². The molecule has 23 heavy (non-hydrogen) atoms. The van der Waals surface area contributed by atoms with Crippen molar-refractivity contribution >= 4 is 10.9 Å². The first-order chi connectivity index (χ1) is 11.3. The van der Waals surface area contributed by atoms with Gasteiger partial charge in [-0.1, -0.05) is 18.2 Å². The number of rotatable bonds is 2. The van der Waals surface area contributed by atoms with Crippen molar-refractivity contribution in [2.24, 2.45) is 0 Å². The predicted octanol–water partition coefficient (Wildman–Crippen LogP) is 3.37. The molecule has 1 unspecified atom stereocenters. The maximum Gasteiger partial charge on any atom is 0.0522 e. The lowest BCUT2D eigenvalue weighted by Gasteiger charge is -2.40. The molecule has 4 nitrogen and oxygen atoms in total. The van der Waals surface area contributed by atoms with E-state index in [4.69, 9.17) is 0 Å². The van der Waals surface area contributed by atoms with Crippen LogP contribution >= 0.6 is 0 Å². The fourth-order valence-electron chi connectivity index (χ4n) is 4.75. The molecule has 2 N–H and O–H groups in total. The highest BCUT2D eigenvalue weighted by molar-refractivity contribution is 5.82. The molecule has 2 aromatic heterocycles. The molecule has 1 aliphatic carbocycles. The molecular weight excluding hydrogens is 284 g/mol. The van der Waals surface area contributed by atoms with E-state index in [1.807, 2.05) is 12.4 Å². The number of nitrogens with zero attached hydrogens (tertiary/aromatic N) is 2. The quantitative estimate of drug-likeness (QED) is 0.762. The van der Waals surface area contributed by atoms with E-state index >= 15 is 0 Å². The summed E-state index contributed by atoms with van der Waals surface area (Å²) in [6, 6.07) is 8.77. The van der Waals surface area contributed by atoms with Gasteiger partial charge in [-0.3, -0.25) is 10.00 Å². The van der Waals surface area contributed by atoms with Gasteiger partial charge in [-0.05, 0) is 54.8 Å². The second kappa shape index (κ2) is 4.96. The number of hydrogen-bond acceptors (Lipinski definition) is 2. The molecule has 0 bridgehead atoms. The molecule has 4 heteroatoms. The third kappa shape index (κ3) is 2.05. The topological polar surface area (TPSA) is 47.7 Å². The Labute approximate surface area is 135 Å². The highest BCUT2D eigenvalue weighted by Crippen LogP contribution is 2.44. The molecule has 3 aromatic rings. The third-order valence-corrected chi connectivity index (χ3v) is 5.84. The van der Waals surface area contributed by atoms with Gasteiger partial charge >= 0.3 is 0 Å². The van der Waals surface area contributed by atoms with Gasteiger partial charge in [0.25, 0.3) is 0 Å². The fourth-order valence-corrected chi connectivity index (χ4v) is 4.75. The van der Waals surface area contributed by atoms with Crippen LogP contribution in [-0.2, 0) is 18.4 Å².